The summed E-state index contributed by atoms with van der Waals surface area (Å²) < 4.78 is 16.0. The number of hydrogen-bond donors (Lipinski definition) is 0. The van der Waals surface area contributed by atoms with E-state index in [1.807, 2.05) is 0 Å². The van der Waals surface area contributed by atoms with Crippen LogP contribution in [-0.4, -0.2) is 47.6 Å². The molecule has 2 unspecified atom stereocenters. The molecule has 0 aromatic heterocycles. The van der Waals surface area contributed by atoms with Crippen LogP contribution in [0.1, 0.15) is 12.8 Å². The summed E-state index contributed by atoms with van der Waals surface area (Å²) in [6.45, 7) is 0.662. The van der Waals surface area contributed by atoms with Crippen molar-refractivity contribution < 1.29 is 28.0 Å². The summed E-state index contributed by atoms with van der Waals surface area (Å²) in [5, 5.41) is 1.52. The van der Waals surface area contributed by atoms with Gasteiger partial charge in [-0.2, -0.15) is 9.35 Å². The zero-order valence-corrected chi connectivity index (χ0v) is 19.1. The molecule has 1 aliphatic rings. The molecule has 0 N–H and O–H groups in total. The SMILES string of the molecule is COOCC1CC(=O)CCN1OS(C)=O.[I][V]([I])[I]. The number of hydroxylamine groups is 2. The molecule has 1 rings (SSSR count). The van der Waals surface area contributed by atoms with Gasteiger partial charge in [-0.25, -0.2) is 14.0 Å². The fourth-order valence-corrected chi connectivity index (χ4v) is 1.87. The zero-order valence-electron chi connectivity index (χ0n) is 10.4. The zero-order chi connectivity index (χ0) is 14.8. The van der Waals surface area contributed by atoms with Crippen molar-refractivity contribution in [2.24, 2.45) is 0 Å². The number of carbonyl (C=O) groups excluding carboxylic acids is 1. The van der Waals surface area contributed by atoms with E-state index in [1.165, 1.54) is 18.4 Å². The van der Waals surface area contributed by atoms with Crippen LogP contribution in [0.25, 0.3) is 0 Å². The van der Waals surface area contributed by atoms with Crippen LogP contribution in [0.4, 0.5) is 0 Å². The molecule has 0 aliphatic carbocycles. The molecule has 0 aromatic rings. The Balaban J connectivity index is 0.000000711. The topological polar surface area (TPSA) is 65.1 Å². The summed E-state index contributed by atoms with van der Waals surface area (Å²) >= 11 is 6.01. The van der Waals surface area contributed by atoms with Gasteiger partial charge in [-0.3, -0.25) is 4.79 Å². The van der Waals surface area contributed by atoms with Crippen molar-refractivity contribution in [3.63, 3.8) is 0 Å². The second kappa shape index (κ2) is 12.9. The van der Waals surface area contributed by atoms with Crippen molar-refractivity contribution in [2.75, 3.05) is 26.5 Å². The molecule has 1 fully saturated rings. The van der Waals surface area contributed by atoms with Gasteiger partial charge in [0, 0.05) is 25.6 Å². The molecule has 0 radical (unpaired) electrons. The molecule has 1 aliphatic heterocycles. The third-order valence-corrected chi connectivity index (χ3v) is 2.46. The fourth-order valence-electron chi connectivity index (χ4n) is 1.41. The third-order valence-electron chi connectivity index (χ3n) is 2.06. The van der Waals surface area contributed by atoms with Crippen LogP contribution in [0, 0.1) is 0 Å². The molecule has 0 bridgehead atoms. The van der Waals surface area contributed by atoms with Gasteiger partial charge in [0.25, 0.3) is 0 Å². The summed E-state index contributed by atoms with van der Waals surface area (Å²) in [6, 6.07) is -0.227. The number of carbonyl (C=O) groups is 1. The molecule has 0 spiro atoms. The quantitative estimate of drug-likeness (QED) is 0.255. The first-order valence-electron chi connectivity index (χ1n) is 5.10. The van der Waals surface area contributed by atoms with Crippen LogP contribution < -0.4 is 0 Å². The van der Waals surface area contributed by atoms with Crippen molar-refractivity contribution in [1.82, 2.24) is 5.06 Å². The molecule has 1 saturated heterocycles. The van der Waals surface area contributed by atoms with Crippen LogP contribution in [-0.2, 0) is 34.9 Å². The Kier molecular flexibility index (Phi) is 14.6. The van der Waals surface area contributed by atoms with Crippen LogP contribution >= 0.6 is 59.9 Å². The second-order valence-corrected chi connectivity index (χ2v) is 39.7. The predicted molar refractivity (Wildman–Crippen MR) is 94.9 cm³/mol. The number of ketones is 1. The van der Waals surface area contributed by atoms with Crippen LogP contribution in [0.3, 0.4) is 0 Å². The van der Waals surface area contributed by atoms with Crippen molar-refractivity contribution in [3.8, 4) is 0 Å². The Morgan fingerprint density at radius 1 is 1.47 bits per heavy atom. The van der Waals surface area contributed by atoms with Crippen molar-refractivity contribution >= 4 is 76.8 Å². The molecule has 6 nitrogen and oxygen atoms in total. The number of nitrogens with zero attached hydrogens (tertiary/aromatic N) is 1. The molecule has 2 atom stereocenters. The van der Waals surface area contributed by atoms with E-state index < -0.39 is 11.1 Å². The minimum atomic E-state index is -1.38. The summed E-state index contributed by atoms with van der Waals surface area (Å²) in [7, 11) is 1.40. The average molecular weight is 669 g/mol. The Hall–Kier alpha value is 2.43. The maximum absolute atomic E-state index is 11.2. The van der Waals surface area contributed by atoms with E-state index in [-0.39, 0.29) is 23.4 Å². The fraction of sp³-hybridized carbons (Fsp3) is 0.875. The van der Waals surface area contributed by atoms with Gasteiger partial charge in [-0.05, 0) is 0 Å². The number of halogens is 3. The van der Waals surface area contributed by atoms with E-state index in [0.717, 1.165) is 0 Å². The normalized spacial score (nSPS) is 22.0. The molecular weight excluding hydrogens is 654 g/mol. The Morgan fingerprint density at radius 2 is 2.05 bits per heavy atom. The summed E-state index contributed by atoms with van der Waals surface area (Å²) in [4.78, 5) is 20.2. The number of hydrogen-bond acceptors (Lipinski definition) is 6. The molecular formula is C8H15I3NO5SV. The van der Waals surface area contributed by atoms with Crippen molar-refractivity contribution in [1.29, 1.82) is 0 Å². The van der Waals surface area contributed by atoms with Gasteiger partial charge in [-0.1, -0.05) is 0 Å². The average Bonchev–Trinajstić information content (AvgIpc) is 2.28. The summed E-state index contributed by atoms with van der Waals surface area (Å²) in [5.41, 5.74) is 0. The molecule has 114 valence electrons. The van der Waals surface area contributed by atoms with E-state index in [1.54, 1.807) is 0 Å². The molecule has 1 heterocycles. The minimum absolute atomic E-state index is 0.154. The summed E-state index contributed by atoms with van der Waals surface area (Å²) in [6.07, 6.45) is 2.19. The number of piperidine rings is 1. The first-order valence-corrected chi connectivity index (χ1v) is 20.1. The van der Waals surface area contributed by atoms with Gasteiger partial charge in [0.2, 0.25) is 0 Å². The molecule has 11 heteroatoms. The Bertz CT molecular complexity index is 297. The standard InChI is InChI=1S/C8H15NO5S.3HI.V/c1-12-13-6-7-5-8(10)3-4-9(7)14-15(2)11;;;;/h7H,3-6H2,1-2H3;3*1H;/q;;;;+3/p-3. The molecule has 0 aromatic carbocycles. The first kappa shape index (κ1) is 21.4. The second-order valence-electron chi connectivity index (χ2n) is 3.41. The van der Waals surface area contributed by atoms with Gasteiger partial charge in [0.15, 0.2) is 11.1 Å². The maximum atomic E-state index is 11.2. The third kappa shape index (κ3) is 12.6. The van der Waals surface area contributed by atoms with E-state index >= 15 is 0 Å². The van der Waals surface area contributed by atoms with Crippen LogP contribution in [0.2, 0.25) is 0 Å². The van der Waals surface area contributed by atoms with Crippen molar-refractivity contribution in [3.05, 3.63) is 0 Å². The van der Waals surface area contributed by atoms with E-state index in [4.69, 9.17) is 9.17 Å². The molecule has 0 amide bonds. The van der Waals surface area contributed by atoms with E-state index in [9.17, 15) is 9.00 Å². The molecule has 19 heavy (non-hydrogen) atoms. The van der Waals surface area contributed by atoms with Gasteiger partial charge in [0.05, 0.1) is 13.2 Å². The number of Topliss-reactive ketones (excluding diaryl/α,β-unsaturated/α-hetero) is 1. The Morgan fingerprint density at radius 3 is 2.53 bits per heavy atom. The Labute approximate surface area is 153 Å². The van der Waals surface area contributed by atoms with Crippen LogP contribution in [0.15, 0.2) is 0 Å². The first-order chi connectivity index (χ1) is 8.86. The van der Waals surface area contributed by atoms with Gasteiger partial charge < -0.3 is 0 Å². The number of rotatable bonds is 5. The van der Waals surface area contributed by atoms with E-state index in [2.05, 4.69) is 64.8 Å². The summed E-state index contributed by atoms with van der Waals surface area (Å²) in [5.74, 6) is 0.154. The van der Waals surface area contributed by atoms with Gasteiger partial charge in [0.1, 0.15) is 12.4 Å². The van der Waals surface area contributed by atoms with Crippen LogP contribution in [0.5, 0.6) is 0 Å². The van der Waals surface area contributed by atoms with E-state index in [0.29, 0.717) is 19.4 Å². The molecule has 0 saturated carbocycles. The van der Waals surface area contributed by atoms with Gasteiger partial charge >= 0.3 is 64.9 Å². The monoisotopic (exact) mass is 669 g/mol. The van der Waals surface area contributed by atoms with Crippen molar-refractivity contribution in [2.45, 2.75) is 18.9 Å². The van der Waals surface area contributed by atoms with Gasteiger partial charge in [-0.15, -0.1) is 0 Å². The predicted octanol–water partition coefficient (Wildman–Crippen LogP) is 2.48.